The number of unbranched alkanes of at least 4 members (excludes halogenated alkanes) is 1. The van der Waals surface area contributed by atoms with Crippen LogP contribution in [0.15, 0.2) is 29.3 Å². The van der Waals surface area contributed by atoms with E-state index in [1.807, 2.05) is 0 Å². The first-order valence-corrected chi connectivity index (χ1v) is 11.5. The molecule has 1 amide bonds. The molecule has 1 aliphatic rings. The van der Waals surface area contributed by atoms with Crippen LogP contribution < -0.4 is 15.6 Å². The standard InChI is InChI=1S/C24H37N3O6/c1-5-6-14-25-27-22(30)24(13-12-20(29)33-23(2,3)4)17-32-21(26-24)18-8-10-19(11-9-18)31-16-7-15-28/h8-11,25,28H,5-7,12-17H2,1-4H3,(H,27,30)/t24-/m0/s1. The van der Waals surface area contributed by atoms with E-state index < -0.39 is 11.1 Å². The van der Waals surface area contributed by atoms with E-state index in [1.54, 1.807) is 45.0 Å². The molecule has 9 heteroatoms. The third-order valence-corrected chi connectivity index (χ3v) is 4.88. The van der Waals surface area contributed by atoms with Crippen LogP contribution >= 0.6 is 0 Å². The first kappa shape index (κ1) is 26.6. The summed E-state index contributed by atoms with van der Waals surface area (Å²) in [5.41, 5.74) is 4.51. The number of esters is 1. The number of rotatable bonds is 13. The van der Waals surface area contributed by atoms with E-state index in [9.17, 15) is 9.59 Å². The molecule has 0 saturated heterocycles. The number of nitrogens with one attached hydrogen (secondary N) is 2. The molecule has 3 N–H and O–H groups in total. The highest BCUT2D eigenvalue weighted by Crippen LogP contribution is 2.28. The molecule has 1 heterocycles. The molecule has 0 saturated carbocycles. The van der Waals surface area contributed by atoms with E-state index in [0.29, 0.717) is 36.8 Å². The van der Waals surface area contributed by atoms with E-state index in [2.05, 4.69) is 22.8 Å². The summed E-state index contributed by atoms with van der Waals surface area (Å²) in [6.45, 7) is 8.64. The van der Waals surface area contributed by atoms with Crippen molar-refractivity contribution in [3.05, 3.63) is 29.8 Å². The van der Waals surface area contributed by atoms with Gasteiger partial charge in [-0.05, 0) is 57.9 Å². The number of nitrogens with zero attached hydrogens (tertiary/aromatic N) is 1. The van der Waals surface area contributed by atoms with Gasteiger partial charge in [0.25, 0.3) is 5.91 Å². The van der Waals surface area contributed by atoms with E-state index in [1.165, 1.54) is 0 Å². The molecule has 0 bridgehead atoms. The number of benzene rings is 1. The summed E-state index contributed by atoms with van der Waals surface area (Å²) < 4.78 is 16.8. The fraction of sp³-hybridized carbons (Fsp3) is 0.625. The number of carbonyl (C=O) groups excluding carboxylic acids is 2. The van der Waals surface area contributed by atoms with Crippen molar-refractivity contribution in [1.29, 1.82) is 0 Å². The molecule has 1 aromatic rings. The van der Waals surface area contributed by atoms with Crippen LogP contribution in [-0.2, 0) is 19.1 Å². The number of amides is 1. The van der Waals surface area contributed by atoms with Gasteiger partial charge in [-0.2, -0.15) is 0 Å². The molecular weight excluding hydrogens is 426 g/mol. The third kappa shape index (κ3) is 8.66. The fourth-order valence-electron chi connectivity index (χ4n) is 3.13. The smallest absolute Gasteiger partial charge is 0.306 e. The molecule has 2 rings (SSSR count). The van der Waals surface area contributed by atoms with Crippen LogP contribution in [0, 0.1) is 0 Å². The van der Waals surface area contributed by atoms with Crippen LogP contribution in [0.25, 0.3) is 0 Å². The van der Waals surface area contributed by atoms with Gasteiger partial charge in [0.2, 0.25) is 5.90 Å². The number of aliphatic imine (C=N–C) groups is 1. The number of hydrazine groups is 1. The van der Waals surface area contributed by atoms with Crippen molar-refractivity contribution in [1.82, 2.24) is 10.9 Å². The molecular formula is C24H37N3O6. The zero-order chi connectivity index (χ0) is 24.3. The van der Waals surface area contributed by atoms with E-state index in [4.69, 9.17) is 19.3 Å². The van der Waals surface area contributed by atoms with Gasteiger partial charge in [-0.15, -0.1) is 0 Å². The average molecular weight is 464 g/mol. The number of aliphatic hydroxyl groups is 1. The summed E-state index contributed by atoms with van der Waals surface area (Å²) in [5, 5.41) is 8.86. The molecule has 0 aromatic heterocycles. The summed E-state index contributed by atoms with van der Waals surface area (Å²) in [4.78, 5) is 30.0. The van der Waals surface area contributed by atoms with Gasteiger partial charge in [-0.25, -0.2) is 10.4 Å². The van der Waals surface area contributed by atoms with E-state index in [-0.39, 0.29) is 37.9 Å². The topological polar surface area (TPSA) is 118 Å². The van der Waals surface area contributed by atoms with Gasteiger partial charge >= 0.3 is 5.97 Å². The molecule has 0 aliphatic carbocycles. The second kappa shape index (κ2) is 12.6. The Bertz CT molecular complexity index is 803. The molecule has 1 aliphatic heterocycles. The number of ether oxygens (including phenoxy) is 3. The maximum absolute atomic E-state index is 13.1. The minimum atomic E-state index is -1.23. The normalized spacial score (nSPS) is 17.8. The molecule has 9 nitrogen and oxygen atoms in total. The van der Waals surface area contributed by atoms with Crippen LogP contribution in [0.3, 0.4) is 0 Å². The summed E-state index contributed by atoms with van der Waals surface area (Å²) in [6, 6.07) is 7.17. The Balaban J connectivity index is 2.13. The lowest BCUT2D eigenvalue weighted by Crippen LogP contribution is -2.52. The summed E-state index contributed by atoms with van der Waals surface area (Å²) in [6.07, 6.45) is 2.67. The highest BCUT2D eigenvalue weighted by molar-refractivity contribution is 6.00. The molecule has 33 heavy (non-hydrogen) atoms. The first-order valence-electron chi connectivity index (χ1n) is 11.5. The zero-order valence-corrected chi connectivity index (χ0v) is 20.1. The van der Waals surface area contributed by atoms with Crippen molar-refractivity contribution < 1.29 is 28.9 Å². The number of hydrogen-bond acceptors (Lipinski definition) is 8. The zero-order valence-electron chi connectivity index (χ0n) is 20.1. The second-order valence-electron chi connectivity index (χ2n) is 9.01. The van der Waals surface area contributed by atoms with Gasteiger partial charge in [0.1, 0.15) is 18.0 Å². The monoisotopic (exact) mass is 463 g/mol. The summed E-state index contributed by atoms with van der Waals surface area (Å²) in [5.74, 6) is 0.271. The largest absolute Gasteiger partial charge is 0.494 e. The van der Waals surface area contributed by atoms with Gasteiger partial charge in [0.05, 0.1) is 6.61 Å². The highest BCUT2D eigenvalue weighted by Gasteiger charge is 2.44. The third-order valence-electron chi connectivity index (χ3n) is 4.88. The van der Waals surface area contributed by atoms with Crippen LogP contribution in [-0.4, -0.2) is 60.4 Å². The Morgan fingerprint density at radius 2 is 1.94 bits per heavy atom. The Morgan fingerprint density at radius 1 is 1.21 bits per heavy atom. The lowest BCUT2D eigenvalue weighted by Gasteiger charge is -2.24. The van der Waals surface area contributed by atoms with Crippen LogP contribution in [0.1, 0.15) is 65.4 Å². The van der Waals surface area contributed by atoms with Crippen molar-refractivity contribution >= 4 is 17.8 Å². The molecule has 1 aromatic carbocycles. The van der Waals surface area contributed by atoms with Crippen LogP contribution in [0.4, 0.5) is 0 Å². The maximum Gasteiger partial charge on any atom is 0.306 e. The predicted molar refractivity (Wildman–Crippen MR) is 125 cm³/mol. The summed E-state index contributed by atoms with van der Waals surface area (Å²) >= 11 is 0. The van der Waals surface area contributed by atoms with Gasteiger partial charge < -0.3 is 19.3 Å². The van der Waals surface area contributed by atoms with Crippen molar-refractivity contribution in [3.63, 3.8) is 0 Å². The minimum absolute atomic E-state index is 0.0289. The highest BCUT2D eigenvalue weighted by atomic mass is 16.6. The van der Waals surface area contributed by atoms with E-state index >= 15 is 0 Å². The van der Waals surface area contributed by atoms with Gasteiger partial charge in [0, 0.05) is 31.6 Å². The SMILES string of the molecule is CCCCNNC(=O)[C@]1(CCC(=O)OC(C)(C)C)COC(c2ccc(OCCCO)cc2)=N1. The number of aliphatic hydroxyl groups excluding tert-OH is 1. The molecule has 0 fully saturated rings. The molecule has 1 atom stereocenters. The van der Waals surface area contributed by atoms with Crippen LogP contribution in [0.2, 0.25) is 0 Å². The Labute approximate surface area is 195 Å². The Hall–Kier alpha value is -2.65. The van der Waals surface area contributed by atoms with E-state index in [0.717, 1.165) is 12.8 Å². The molecule has 0 radical (unpaired) electrons. The lowest BCUT2D eigenvalue weighted by molar-refractivity contribution is -0.155. The Kier molecular flexibility index (Phi) is 10.1. The van der Waals surface area contributed by atoms with Crippen molar-refractivity contribution in [2.24, 2.45) is 4.99 Å². The van der Waals surface area contributed by atoms with Crippen molar-refractivity contribution in [2.75, 3.05) is 26.4 Å². The first-order chi connectivity index (χ1) is 15.7. The average Bonchev–Trinajstić information content (AvgIpc) is 3.21. The van der Waals surface area contributed by atoms with Crippen molar-refractivity contribution in [3.8, 4) is 5.75 Å². The quantitative estimate of drug-likeness (QED) is 0.234. The number of carbonyl (C=O) groups is 2. The minimum Gasteiger partial charge on any atom is -0.494 e. The maximum atomic E-state index is 13.1. The molecule has 184 valence electrons. The van der Waals surface area contributed by atoms with Gasteiger partial charge in [-0.1, -0.05) is 13.3 Å². The number of hydrogen-bond donors (Lipinski definition) is 3. The van der Waals surface area contributed by atoms with Crippen molar-refractivity contribution in [2.45, 2.75) is 70.9 Å². The van der Waals surface area contributed by atoms with Gasteiger partial charge in [-0.3, -0.25) is 15.0 Å². The summed E-state index contributed by atoms with van der Waals surface area (Å²) in [7, 11) is 0. The Morgan fingerprint density at radius 3 is 2.58 bits per heavy atom. The fourth-order valence-corrected chi connectivity index (χ4v) is 3.13. The second-order valence-corrected chi connectivity index (χ2v) is 9.01. The molecule has 0 spiro atoms. The predicted octanol–water partition coefficient (Wildman–Crippen LogP) is 2.51. The van der Waals surface area contributed by atoms with Crippen LogP contribution in [0.5, 0.6) is 5.75 Å². The molecule has 0 unspecified atom stereocenters. The van der Waals surface area contributed by atoms with Gasteiger partial charge in [0.15, 0.2) is 5.54 Å². The lowest BCUT2D eigenvalue weighted by atomic mass is 9.94.